The third kappa shape index (κ3) is 6.90. The van der Waals surface area contributed by atoms with Crippen LogP contribution in [0.4, 0.5) is 0 Å². The molecular weight excluding hydrogens is 528 g/mol. The number of hydrogen-bond acceptors (Lipinski definition) is 15. The number of aliphatic carboxylic acids is 3. The van der Waals surface area contributed by atoms with Gasteiger partial charge in [-0.25, -0.2) is 4.79 Å². The molecule has 218 valence electrons. The van der Waals surface area contributed by atoms with Crippen molar-refractivity contribution in [1.82, 2.24) is 10.2 Å². The van der Waals surface area contributed by atoms with Gasteiger partial charge in [-0.3, -0.25) is 19.7 Å². The fourth-order valence-corrected chi connectivity index (χ4v) is 3.85. The quantitative estimate of drug-likeness (QED) is 0.105. The highest BCUT2D eigenvalue weighted by Gasteiger charge is 2.53. The molecule has 0 bridgehead atoms. The number of ether oxygens (including phenoxy) is 2. The summed E-state index contributed by atoms with van der Waals surface area (Å²) in [5.41, 5.74) is 0. The van der Waals surface area contributed by atoms with E-state index in [1.807, 2.05) is 5.32 Å². The molecule has 38 heavy (non-hydrogen) atoms. The first-order valence-corrected chi connectivity index (χ1v) is 11.0. The van der Waals surface area contributed by atoms with Gasteiger partial charge in [-0.1, -0.05) is 0 Å². The van der Waals surface area contributed by atoms with Gasteiger partial charge in [0.05, 0.1) is 32.6 Å². The lowest BCUT2D eigenvalue weighted by atomic mass is 9.95. The number of carbonyl (C=O) groups excluding carboxylic acids is 1. The van der Waals surface area contributed by atoms with Gasteiger partial charge in [0, 0.05) is 0 Å². The van der Waals surface area contributed by atoms with Crippen molar-refractivity contribution in [2.24, 2.45) is 0 Å². The Bertz CT molecular complexity index is 904. The van der Waals surface area contributed by atoms with Crippen LogP contribution in [0, 0.1) is 0 Å². The molecule has 0 radical (unpaired) electrons. The van der Waals surface area contributed by atoms with E-state index in [9.17, 15) is 70.2 Å². The van der Waals surface area contributed by atoms with E-state index in [-0.39, 0.29) is 4.90 Å². The average molecular weight is 558 g/mol. The zero-order valence-electron chi connectivity index (χ0n) is 19.5. The molecule has 0 spiro atoms. The first-order valence-electron chi connectivity index (χ1n) is 11.0. The lowest BCUT2D eigenvalue weighted by molar-refractivity contribution is -0.337. The van der Waals surface area contributed by atoms with Crippen LogP contribution in [0.1, 0.15) is 12.8 Å². The molecule has 1 amide bonds. The van der Waals surface area contributed by atoms with Crippen LogP contribution in [-0.4, -0.2) is 165 Å². The van der Waals surface area contributed by atoms with Crippen LogP contribution >= 0.6 is 0 Å². The number of carboxylic acids is 3. The molecule has 12 N–H and O–H groups in total. The van der Waals surface area contributed by atoms with Crippen molar-refractivity contribution in [3.63, 3.8) is 0 Å². The average Bonchev–Trinajstić information content (AvgIpc) is 2.83. The Labute approximate surface area is 212 Å². The monoisotopic (exact) mass is 558 g/mol. The maximum absolute atomic E-state index is 13.1. The summed E-state index contributed by atoms with van der Waals surface area (Å²) in [6, 6.07) is -4.50. The van der Waals surface area contributed by atoms with E-state index in [1.54, 1.807) is 0 Å². The molecule has 2 rings (SSSR count). The van der Waals surface area contributed by atoms with E-state index in [0.717, 1.165) is 0 Å². The molecule has 10 atom stereocenters. The first kappa shape index (κ1) is 31.7. The summed E-state index contributed by atoms with van der Waals surface area (Å²) in [5.74, 6) is -13.0. The molecule has 19 heteroatoms. The summed E-state index contributed by atoms with van der Waals surface area (Å²) in [5, 5.41) is 110. The zero-order chi connectivity index (χ0) is 29.2. The molecule has 2 heterocycles. The van der Waals surface area contributed by atoms with E-state index in [0.29, 0.717) is 0 Å². The summed E-state index contributed by atoms with van der Waals surface area (Å²) < 4.78 is 9.66. The van der Waals surface area contributed by atoms with Crippen LogP contribution in [0.3, 0.4) is 0 Å². The van der Waals surface area contributed by atoms with Crippen molar-refractivity contribution in [1.29, 1.82) is 0 Å². The summed E-state index contributed by atoms with van der Waals surface area (Å²) in [6.45, 7) is -2.92. The highest BCUT2D eigenvalue weighted by Crippen LogP contribution is 2.27. The molecule has 0 saturated carbocycles. The van der Waals surface area contributed by atoms with Crippen molar-refractivity contribution in [3.8, 4) is 0 Å². The number of nitrogens with zero attached hydrogens (tertiary/aromatic N) is 1. The minimum absolute atomic E-state index is 0.141. The molecular formula is C19H30N2O17. The Morgan fingerprint density at radius 3 is 1.84 bits per heavy atom. The number of rotatable bonds is 11. The maximum Gasteiger partial charge on any atom is 0.327 e. The third-order valence-corrected chi connectivity index (χ3v) is 6.08. The van der Waals surface area contributed by atoms with Gasteiger partial charge >= 0.3 is 17.9 Å². The molecule has 0 aromatic rings. The van der Waals surface area contributed by atoms with E-state index in [4.69, 9.17) is 14.6 Å². The summed E-state index contributed by atoms with van der Waals surface area (Å²) in [7, 11) is 0. The van der Waals surface area contributed by atoms with E-state index in [1.165, 1.54) is 0 Å². The number of carboxylic acid groups (broad SMARTS) is 3. The Morgan fingerprint density at radius 1 is 0.816 bits per heavy atom. The van der Waals surface area contributed by atoms with Crippen molar-refractivity contribution in [2.75, 3.05) is 19.8 Å². The fraction of sp³-hybridized carbons (Fsp3) is 0.789. The third-order valence-electron chi connectivity index (χ3n) is 6.08. The van der Waals surface area contributed by atoms with E-state index >= 15 is 0 Å². The van der Waals surface area contributed by atoms with Crippen LogP contribution in [-0.2, 0) is 28.7 Å². The second-order valence-electron chi connectivity index (χ2n) is 8.88. The Kier molecular flexibility index (Phi) is 10.1. The van der Waals surface area contributed by atoms with E-state index < -0.39 is 117 Å². The number of hydrogen-bond donors (Lipinski definition) is 12. The number of nitrogens with one attached hydrogen (secondary N) is 1. The predicted molar refractivity (Wildman–Crippen MR) is 112 cm³/mol. The van der Waals surface area contributed by atoms with Gasteiger partial charge in [-0.2, -0.15) is 0 Å². The minimum Gasteiger partial charge on any atom is -0.481 e. The second kappa shape index (κ2) is 12.1. The molecule has 2 aliphatic rings. The number of amides is 1. The number of aliphatic hydroxyl groups is 8. The Morgan fingerprint density at radius 2 is 1.34 bits per heavy atom. The lowest BCUT2D eigenvalue weighted by Crippen LogP contribution is -2.70. The van der Waals surface area contributed by atoms with Gasteiger partial charge in [0.15, 0.2) is 6.10 Å². The van der Waals surface area contributed by atoms with Crippen molar-refractivity contribution in [3.05, 3.63) is 0 Å². The van der Waals surface area contributed by atoms with Gasteiger partial charge in [0.2, 0.25) is 11.7 Å². The zero-order valence-corrected chi connectivity index (χ0v) is 19.5. The second-order valence-corrected chi connectivity index (χ2v) is 8.88. The van der Waals surface area contributed by atoms with Gasteiger partial charge < -0.3 is 70.5 Å². The van der Waals surface area contributed by atoms with Crippen LogP contribution in [0.5, 0.6) is 0 Å². The summed E-state index contributed by atoms with van der Waals surface area (Å²) in [6.07, 6.45) is -14.7. The van der Waals surface area contributed by atoms with Crippen LogP contribution in [0.2, 0.25) is 0 Å². The molecule has 2 aliphatic heterocycles. The van der Waals surface area contributed by atoms with Crippen LogP contribution in [0.25, 0.3) is 0 Å². The Balaban J connectivity index is 2.37. The molecule has 0 aromatic heterocycles. The number of aliphatic hydroxyl groups excluding tert-OH is 6. The summed E-state index contributed by atoms with van der Waals surface area (Å²) in [4.78, 5) is 48.2. The lowest BCUT2D eigenvalue weighted by Gasteiger charge is -2.45. The molecule has 0 aliphatic carbocycles. The van der Waals surface area contributed by atoms with Gasteiger partial charge in [-0.15, -0.1) is 0 Å². The molecule has 2 saturated heterocycles. The van der Waals surface area contributed by atoms with Crippen molar-refractivity contribution < 1.29 is 84.8 Å². The Hall–Kier alpha value is -2.56. The largest absolute Gasteiger partial charge is 0.481 e. The minimum atomic E-state index is -3.03. The maximum atomic E-state index is 13.1. The molecule has 2 fully saturated rings. The predicted octanol–water partition coefficient (Wildman–Crippen LogP) is -7.26. The smallest absolute Gasteiger partial charge is 0.327 e. The first-order chi connectivity index (χ1) is 17.4. The molecule has 0 aromatic carbocycles. The van der Waals surface area contributed by atoms with Gasteiger partial charge in [-0.05, 0) is 0 Å². The van der Waals surface area contributed by atoms with Gasteiger partial charge in [0.25, 0.3) is 5.91 Å². The molecule has 10 unspecified atom stereocenters. The van der Waals surface area contributed by atoms with E-state index in [2.05, 4.69) is 0 Å². The van der Waals surface area contributed by atoms with Crippen LogP contribution < -0.4 is 5.32 Å². The van der Waals surface area contributed by atoms with Crippen LogP contribution in [0.15, 0.2) is 0 Å². The standard InChI is InChI=1S/C19H30N2O17/c22-8-3-37-18(35,14(29)12(8)27)5-21(7(17(33)34)2-11(25)26)10(24)1-6(16(31)32)20-19(36)15(30)13(28)9(23)4-38-19/h6-9,12-15,20,22-23,27-30,35-36H,1-5H2,(H,25,26)(H,31,32)(H,33,34). The van der Waals surface area contributed by atoms with Crippen molar-refractivity contribution >= 4 is 23.8 Å². The normalized spacial score (nSPS) is 37.2. The van der Waals surface area contributed by atoms with Crippen molar-refractivity contribution in [2.45, 2.75) is 73.2 Å². The highest BCUT2D eigenvalue weighted by molar-refractivity contribution is 5.89. The van der Waals surface area contributed by atoms with Gasteiger partial charge in [0.1, 0.15) is 42.6 Å². The summed E-state index contributed by atoms with van der Waals surface area (Å²) >= 11 is 0. The highest BCUT2D eigenvalue weighted by atomic mass is 16.7. The SMILES string of the molecule is O=C(O)CC(C(=O)O)N(CC1(O)OCC(O)C(O)C1O)C(=O)CC(NC1(O)OCC(O)C(O)C1O)C(=O)O. The fourth-order valence-electron chi connectivity index (χ4n) is 3.85. The molecule has 19 nitrogen and oxygen atoms in total. The topological polar surface area (TPSA) is 325 Å². The number of carbonyl (C=O) groups is 4.